The van der Waals surface area contributed by atoms with E-state index in [1.54, 1.807) is 18.2 Å². The van der Waals surface area contributed by atoms with Crippen LogP contribution >= 0.6 is 11.6 Å². The van der Waals surface area contributed by atoms with Gasteiger partial charge in [-0.25, -0.2) is 0 Å². The third kappa shape index (κ3) is 5.56. The summed E-state index contributed by atoms with van der Waals surface area (Å²) in [5.41, 5.74) is 5.85. The fourth-order valence-electron chi connectivity index (χ4n) is 1.49. The van der Waals surface area contributed by atoms with Gasteiger partial charge in [0.2, 0.25) is 5.91 Å². The number of nitrogens with two attached hydrogens (primary N) is 1. The topological polar surface area (TPSA) is 75.4 Å². The maximum Gasteiger partial charge on any atom is 0.218 e. The van der Waals surface area contributed by atoms with Gasteiger partial charge in [0, 0.05) is 18.0 Å². The number of aromatic hydroxyl groups is 1. The molecule has 0 aliphatic rings. The van der Waals surface area contributed by atoms with Gasteiger partial charge in [-0.05, 0) is 43.1 Å². The second kappa shape index (κ2) is 7.14. The van der Waals surface area contributed by atoms with E-state index in [0.717, 1.165) is 24.9 Å². The smallest absolute Gasteiger partial charge is 0.218 e. The molecule has 94 valence electrons. The Morgan fingerprint density at radius 2 is 2.18 bits per heavy atom. The molecule has 0 fully saturated rings. The number of carbonyl (C=O) groups is 1. The average molecular weight is 257 g/mol. The van der Waals surface area contributed by atoms with Gasteiger partial charge in [0.15, 0.2) is 0 Å². The molecule has 4 nitrogen and oxygen atoms in total. The number of carbonyl (C=O) groups excluding carboxylic acids is 1. The molecule has 0 atom stereocenters. The van der Waals surface area contributed by atoms with E-state index in [2.05, 4.69) is 5.32 Å². The standard InChI is InChI=1S/C12H17ClN2O2/c13-10-3-4-11(16)9(8-10)2-1-6-15-7-5-12(14)17/h3-4,8,15-16H,1-2,5-7H2,(H2,14,17). The van der Waals surface area contributed by atoms with Crippen molar-refractivity contribution in [1.29, 1.82) is 0 Å². The Morgan fingerprint density at radius 3 is 2.88 bits per heavy atom. The molecule has 0 spiro atoms. The molecule has 0 aliphatic carbocycles. The minimum Gasteiger partial charge on any atom is -0.508 e. The molecule has 5 heteroatoms. The molecule has 0 heterocycles. The number of hydrogen-bond acceptors (Lipinski definition) is 3. The first kappa shape index (κ1) is 13.8. The molecule has 1 amide bonds. The number of amides is 1. The van der Waals surface area contributed by atoms with Gasteiger partial charge in [0.05, 0.1) is 0 Å². The molecule has 0 saturated carbocycles. The number of benzene rings is 1. The van der Waals surface area contributed by atoms with E-state index < -0.39 is 0 Å². The van der Waals surface area contributed by atoms with E-state index in [1.165, 1.54) is 0 Å². The van der Waals surface area contributed by atoms with Crippen LogP contribution in [-0.2, 0) is 11.2 Å². The third-order valence-corrected chi connectivity index (χ3v) is 2.62. The Labute approximate surface area is 106 Å². The number of aryl methyl sites for hydroxylation is 1. The van der Waals surface area contributed by atoms with Crippen LogP contribution in [0.1, 0.15) is 18.4 Å². The summed E-state index contributed by atoms with van der Waals surface area (Å²) < 4.78 is 0. The summed E-state index contributed by atoms with van der Waals surface area (Å²) in [6, 6.07) is 5.02. The van der Waals surface area contributed by atoms with Crippen molar-refractivity contribution in [3.05, 3.63) is 28.8 Å². The number of phenolic OH excluding ortho intramolecular Hbond substituents is 1. The zero-order valence-corrected chi connectivity index (χ0v) is 10.3. The second-order valence-corrected chi connectivity index (χ2v) is 4.28. The van der Waals surface area contributed by atoms with Crippen molar-refractivity contribution >= 4 is 17.5 Å². The van der Waals surface area contributed by atoms with Gasteiger partial charge in [-0.2, -0.15) is 0 Å². The normalized spacial score (nSPS) is 10.4. The van der Waals surface area contributed by atoms with Gasteiger partial charge in [0.25, 0.3) is 0 Å². The van der Waals surface area contributed by atoms with Gasteiger partial charge in [-0.1, -0.05) is 11.6 Å². The number of phenols is 1. The molecule has 1 aromatic carbocycles. The van der Waals surface area contributed by atoms with Gasteiger partial charge in [0.1, 0.15) is 5.75 Å². The highest BCUT2D eigenvalue weighted by atomic mass is 35.5. The number of hydrogen-bond donors (Lipinski definition) is 3. The molecule has 0 saturated heterocycles. The highest BCUT2D eigenvalue weighted by molar-refractivity contribution is 6.30. The molecular formula is C12H17ClN2O2. The lowest BCUT2D eigenvalue weighted by atomic mass is 10.1. The van der Waals surface area contributed by atoms with Crippen molar-refractivity contribution in [2.24, 2.45) is 5.73 Å². The number of nitrogens with one attached hydrogen (secondary N) is 1. The van der Waals surface area contributed by atoms with Crippen LogP contribution in [0.25, 0.3) is 0 Å². The van der Waals surface area contributed by atoms with Gasteiger partial charge < -0.3 is 16.2 Å². The van der Waals surface area contributed by atoms with E-state index in [9.17, 15) is 9.90 Å². The lowest BCUT2D eigenvalue weighted by Gasteiger charge is -2.06. The molecule has 0 unspecified atom stereocenters. The minimum atomic E-state index is -0.301. The van der Waals surface area contributed by atoms with Crippen LogP contribution in [0.4, 0.5) is 0 Å². The van der Waals surface area contributed by atoms with Crippen LogP contribution in [0.2, 0.25) is 5.02 Å². The summed E-state index contributed by atoms with van der Waals surface area (Å²) in [7, 11) is 0. The Bertz CT molecular complexity index is 383. The van der Waals surface area contributed by atoms with Crippen LogP contribution in [0.15, 0.2) is 18.2 Å². The number of halogens is 1. The number of rotatable bonds is 7. The van der Waals surface area contributed by atoms with Crippen molar-refractivity contribution in [3.63, 3.8) is 0 Å². The average Bonchev–Trinajstić information content (AvgIpc) is 2.27. The van der Waals surface area contributed by atoms with E-state index >= 15 is 0 Å². The highest BCUT2D eigenvalue weighted by Crippen LogP contribution is 2.22. The van der Waals surface area contributed by atoms with Crippen LogP contribution in [-0.4, -0.2) is 24.1 Å². The zero-order chi connectivity index (χ0) is 12.7. The summed E-state index contributed by atoms with van der Waals surface area (Å²) in [6.45, 7) is 1.37. The van der Waals surface area contributed by atoms with Crippen LogP contribution in [0.5, 0.6) is 5.75 Å². The summed E-state index contributed by atoms with van der Waals surface area (Å²) in [5, 5.41) is 13.3. The highest BCUT2D eigenvalue weighted by Gasteiger charge is 2.01. The van der Waals surface area contributed by atoms with Crippen molar-refractivity contribution in [2.75, 3.05) is 13.1 Å². The molecule has 0 bridgehead atoms. The Balaban J connectivity index is 2.22. The Kier molecular flexibility index (Phi) is 5.80. The Morgan fingerprint density at radius 1 is 1.41 bits per heavy atom. The first-order chi connectivity index (χ1) is 8.09. The summed E-state index contributed by atoms with van der Waals surface area (Å²) in [5.74, 6) is -0.0310. The van der Waals surface area contributed by atoms with Gasteiger partial charge in [-0.3, -0.25) is 4.79 Å². The monoisotopic (exact) mass is 256 g/mol. The largest absolute Gasteiger partial charge is 0.508 e. The van der Waals surface area contributed by atoms with E-state index in [-0.39, 0.29) is 11.7 Å². The fourth-order valence-corrected chi connectivity index (χ4v) is 1.69. The predicted octanol–water partition coefficient (Wildman–Crippen LogP) is 1.44. The van der Waals surface area contributed by atoms with Crippen molar-refractivity contribution in [3.8, 4) is 5.75 Å². The van der Waals surface area contributed by atoms with E-state index in [1.807, 2.05) is 0 Å². The molecule has 0 aliphatic heterocycles. The van der Waals surface area contributed by atoms with Gasteiger partial charge >= 0.3 is 0 Å². The third-order valence-electron chi connectivity index (χ3n) is 2.39. The maximum absolute atomic E-state index is 10.5. The fraction of sp³-hybridized carbons (Fsp3) is 0.417. The Hall–Kier alpha value is -1.26. The van der Waals surface area contributed by atoms with Crippen molar-refractivity contribution < 1.29 is 9.90 Å². The quantitative estimate of drug-likeness (QED) is 0.647. The molecule has 4 N–H and O–H groups in total. The van der Waals surface area contributed by atoms with E-state index in [0.29, 0.717) is 18.0 Å². The summed E-state index contributed by atoms with van der Waals surface area (Å²) >= 11 is 5.84. The molecule has 0 radical (unpaired) electrons. The first-order valence-electron chi connectivity index (χ1n) is 5.56. The minimum absolute atomic E-state index is 0.270. The van der Waals surface area contributed by atoms with Crippen LogP contribution in [0, 0.1) is 0 Å². The predicted molar refractivity (Wildman–Crippen MR) is 68.1 cm³/mol. The van der Waals surface area contributed by atoms with Crippen molar-refractivity contribution in [1.82, 2.24) is 5.32 Å². The summed E-state index contributed by atoms with van der Waals surface area (Å²) in [4.78, 5) is 10.5. The maximum atomic E-state index is 10.5. The molecule has 1 aromatic rings. The van der Waals surface area contributed by atoms with Crippen molar-refractivity contribution in [2.45, 2.75) is 19.3 Å². The lowest BCUT2D eigenvalue weighted by molar-refractivity contribution is -0.117. The lowest BCUT2D eigenvalue weighted by Crippen LogP contribution is -2.23. The molecule has 1 rings (SSSR count). The molecule has 17 heavy (non-hydrogen) atoms. The van der Waals surface area contributed by atoms with Gasteiger partial charge in [-0.15, -0.1) is 0 Å². The SMILES string of the molecule is NC(=O)CCNCCCc1cc(Cl)ccc1O. The second-order valence-electron chi connectivity index (χ2n) is 3.84. The zero-order valence-electron chi connectivity index (χ0n) is 9.58. The van der Waals surface area contributed by atoms with Crippen LogP contribution < -0.4 is 11.1 Å². The summed E-state index contributed by atoms with van der Waals surface area (Å²) in [6.07, 6.45) is 1.96. The first-order valence-corrected chi connectivity index (χ1v) is 5.94. The van der Waals surface area contributed by atoms with Crippen LogP contribution in [0.3, 0.4) is 0 Å². The molecule has 0 aromatic heterocycles. The molecular weight excluding hydrogens is 240 g/mol. The van der Waals surface area contributed by atoms with E-state index in [4.69, 9.17) is 17.3 Å². The number of primary amides is 1.